The van der Waals surface area contributed by atoms with Crippen LogP contribution in [0.3, 0.4) is 0 Å². The molecule has 1 atom stereocenters. The fourth-order valence-electron chi connectivity index (χ4n) is 2.86. The molecule has 1 aliphatic rings. The SMILES string of the molecule is CC(C)(C)C(Cc1ccn(C2CCCCC2)n1)NN. The summed E-state index contributed by atoms with van der Waals surface area (Å²) in [4.78, 5) is 0. The molecule has 0 aromatic carbocycles. The molecule has 3 N–H and O–H groups in total. The predicted octanol–water partition coefficient (Wildman–Crippen LogP) is 2.81. The highest BCUT2D eigenvalue weighted by Crippen LogP contribution is 2.28. The molecule has 1 saturated carbocycles. The summed E-state index contributed by atoms with van der Waals surface area (Å²) in [6.07, 6.45) is 9.65. The first kappa shape index (κ1) is 14.5. The topological polar surface area (TPSA) is 55.9 Å². The lowest BCUT2D eigenvalue weighted by Gasteiger charge is -2.29. The number of nitrogens with two attached hydrogens (primary N) is 1. The molecule has 0 aliphatic heterocycles. The maximum absolute atomic E-state index is 5.67. The predicted molar refractivity (Wildman–Crippen MR) is 78.6 cm³/mol. The lowest BCUT2D eigenvalue weighted by atomic mass is 9.84. The Hall–Kier alpha value is -0.870. The van der Waals surface area contributed by atoms with Crippen molar-refractivity contribution < 1.29 is 0 Å². The number of aromatic nitrogens is 2. The molecule has 0 spiro atoms. The van der Waals surface area contributed by atoms with Crippen LogP contribution in [0.4, 0.5) is 0 Å². The molecular weight excluding hydrogens is 236 g/mol. The van der Waals surface area contributed by atoms with Crippen LogP contribution in [0.25, 0.3) is 0 Å². The molecule has 4 nitrogen and oxygen atoms in total. The number of hydrogen-bond acceptors (Lipinski definition) is 3. The summed E-state index contributed by atoms with van der Waals surface area (Å²) in [6, 6.07) is 3.01. The van der Waals surface area contributed by atoms with Crippen molar-refractivity contribution in [3.63, 3.8) is 0 Å². The van der Waals surface area contributed by atoms with Crippen LogP contribution < -0.4 is 11.3 Å². The van der Waals surface area contributed by atoms with Gasteiger partial charge in [0.1, 0.15) is 0 Å². The fourth-order valence-corrected chi connectivity index (χ4v) is 2.86. The summed E-state index contributed by atoms with van der Waals surface area (Å²) in [5.74, 6) is 5.67. The van der Waals surface area contributed by atoms with Gasteiger partial charge in [-0.1, -0.05) is 40.0 Å². The van der Waals surface area contributed by atoms with Crippen molar-refractivity contribution in [1.82, 2.24) is 15.2 Å². The highest BCUT2D eigenvalue weighted by Gasteiger charge is 2.25. The Morgan fingerprint density at radius 2 is 2.05 bits per heavy atom. The molecule has 0 bridgehead atoms. The third-order valence-electron chi connectivity index (χ3n) is 4.27. The van der Waals surface area contributed by atoms with E-state index in [9.17, 15) is 0 Å². The van der Waals surface area contributed by atoms with Gasteiger partial charge < -0.3 is 0 Å². The summed E-state index contributed by atoms with van der Waals surface area (Å²) in [6.45, 7) is 6.61. The van der Waals surface area contributed by atoms with Crippen molar-refractivity contribution >= 4 is 0 Å². The largest absolute Gasteiger partial charge is 0.271 e. The van der Waals surface area contributed by atoms with E-state index >= 15 is 0 Å². The molecule has 0 amide bonds. The summed E-state index contributed by atoms with van der Waals surface area (Å²) in [7, 11) is 0. The third kappa shape index (κ3) is 3.80. The lowest BCUT2D eigenvalue weighted by Crippen LogP contribution is -2.45. The second-order valence-electron chi connectivity index (χ2n) is 6.87. The second-order valence-corrected chi connectivity index (χ2v) is 6.87. The number of hydrazine groups is 1. The van der Waals surface area contributed by atoms with Gasteiger partial charge in [0.05, 0.1) is 11.7 Å². The number of rotatable bonds is 4. The molecule has 1 unspecified atom stereocenters. The average molecular weight is 264 g/mol. The Labute approximate surface area is 116 Å². The van der Waals surface area contributed by atoms with Gasteiger partial charge in [0.25, 0.3) is 0 Å². The van der Waals surface area contributed by atoms with E-state index in [0.717, 1.165) is 12.1 Å². The van der Waals surface area contributed by atoms with E-state index in [1.54, 1.807) is 0 Å². The Morgan fingerprint density at radius 3 is 2.63 bits per heavy atom. The zero-order valence-electron chi connectivity index (χ0n) is 12.5. The second kappa shape index (κ2) is 6.06. The van der Waals surface area contributed by atoms with Gasteiger partial charge in [0.15, 0.2) is 0 Å². The van der Waals surface area contributed by atoms with E-state index < -0.39 is 0 Å². The number of hydrogen-bond donors (Lipinski definition) is 2. The minimum atomic E-state index is 0.142. The molecule has 108 valence electrons. The highest BCUT2D eigenvalue weighted by atomic mass is 15.3. The van der Waals surface area contributed by atoms with Gasteiger partial charge in [-0.25, -0.2) is 0 Å². The van der Waals surface area contributed by atoms with E-state index in [1.807, 2.05) is 0 Å². The van der Waals surface area contributed by atoms with Gasteiger partial charge in [-0.3, -0.25) is 16.0 Å². The zero-order chi connectivity index (χ0) is 13.9. The molecule has 1 fully saturated rings. The molecular formula is C15H28N4. The minimum absolute atomic E-state index is 0.142. The van der Waals surface area contributed by atoms with Crippen LogP contribution in [-0.4, -0.2) is 15.8 Å². The van der Waals surface area contributed by atoms with Crippen LogP contribution >= 0.6 is 0 Å². The van der Waals surface area contributed by atoms with Crippen molar-refractivity contribution in [1.29, 1.82) is 0 Å². The maximum atomic E-state index is 5.67. The summed E-state index contributed by atoms with van der Waals surface area (Å²) in [5, 5.41) is 4.76. The van der Waals surface area contributed by atoms with E-state index in [4.69, 9.17) is 10.9 Å². The van der Waals surface area contributed by atoms with Crippen LogP contribution in [0.5, 0.6) is 0 Å². The first-order chi connectivity index (χ1) is 9.00. The molecule has 1 heterocycles. The molecule has 2 rings (SSSR count). The van der Waals surface area contributed by atoms with Crippen LogP contribution in [0.1, 0.15) is 64.6 Å². The average Bonchev–Trinajstić information content (AvgIpc) is 2.84. The normalized spacial score (nSPS) is 19.6. The molecule has 1 aromatic heterocycles. The van der Waals surface area contributed by atoms with Crippen LogP contribution in [0.2, 0.25) is 0 Å². The number of nitrogens with one attached hydrogen (secondary N) is 1. The van der Waals surface area contributed by atoms with Crippen molar-refractivity contribution in [3.05, 3.63) is 18.0 Å². The van der Waals surface area contributed by atoms with Crippen molar-refractivity contribution in [3.8, 4) is 0 Å². The van der Waals surface area contributed by atoms with Crippen molar-refractivity contribution in [2.24, 2.45) is 11.3 Å². The van der Waals surface area contributed by atoms with Gasteiger partial charge in [-0.2, -0.15) is 5.10 Å². The first-order valence-electron chi connectivity index (χ1n) is 7.51. The van der Waals surface area contributed by atoms with Gasteiger partial charge in [-0.15, -0.1) is 0 Å². The minimum Gasteiger partial charge on any atom is -0.271 e. The van der Waals surface area contributed by atoms with Crippen LogP contribution in [-0.2, 0) is 6.42 Å². The van der Waals surface area contributed by atoms with E-state index in [-0.39, 0.29) is 11.5 Å². The summed E-state index contributed by atoms with van der Waals surface area (Å²) < 4.78 is 2.17. The highest BCUT2D eigenvalue weighted by molar-refractivity contribution is 5.04. The van der Waals surface area contributed by atoms with E-state index in [1.165, 1.54) is 32.1 Å². The van der Waals surface area contributed by atoms with Crippen LogP contribution in [0, 0.1) is 5.41 Å². The molecule has 1 aliphatic carbocycles. The van der Waals surface area contributed by atoms with Crippen LogP contribution in [0.15, 0.2) is 12.3 Å². The smallest absolute Gasteiger partial charge is 0.0640 e. The monoisotopic (exact) mass is 264 g/mol. The van der Waals surface area contributed by atoms with E-state index in [2.05, 4.69) is 43.1 Å². The van der Waals surface area contributed by atoms with Crippen molar-refractivity contribution in [2.75, 3.05) is 0 Å². The third-order valence-corrected chi connectivity index (χ3v) is 4.27. The van der Waals surface area contributed by atoms with Gasteiger partial charge in [0.2, 0.25) is 0 Å². The molecule has 4 heteroatoms. The lowest BCUT2D eigenvalue weighted by molar-refractivity contribution is 0.265. The van der Waals surface area contributed by atoms with Gasteiger partial charge in [-0.05, 0) is 24.3 Å². The molecule has 0 radical (unpaired) electrons. The summed E-state index contributed by atoms with van der Waals surface area (Å²) in [5.41, 5.74) is 4.21. The van der Waals surface area contributed by atoms with Gasteiger partial charge >= 0.3 is 0 Å². The quantitative estimate of drug-likeness (QED) is 0.649. The maximum Gasteiger partial charge on any atom is 0.0640 e. The zero-order valence-corrected chi connectivity index (χ0v) is 12.5. The Kier molecular flexibility index (Phi) is 4.63. The number of nitrogens with zero attached hydrogens (tertiary/aromatic N) is 2. The fraction of sp³-hybridized carbons (Fsp3) is 0.800. The molecule has 1 aromatic rings. The molecule has 19 heavy (non-hydrogen) atoms. The Bertz CT molecular complexity index is 385. The Balaban J connectivity index is 2.00. The Morgan fingerprint density at radius 1 is 1.37 bits per heavy atom. The standard InChI is InChI=1S/C15H28N4/c1-15(2,3)14(17-16)11-12-9-10-19(18-12)13-7-5-4-6-8-13/h9-10,13-14,17H,4-8,11,16H2,1-3H3. The first-order valence-corrected chi connectivity index (χ1v) is 7.51. The van der Waals surface area contributed by atoms with E-state index in [0.29, 0.717) is 6.04 Å². The molecule has 0 saturated heterocycles. The summed E-state index contributed by atoms with van der Waals surface area (Å²) >= 11 is 0. The van der Waals surface area contributed by atoms with Gasteiger partial charge in [0, 0.05) is 18.7 Å². The van der Waals surface area contributed by atoms with Crippen molar-refractivity contribution in [2.45, 2.75) is 71.4 Å².